The Hall–Kier alpha value is -1.01. The first-order valence-corrected chi connectivity index (χ1v) is 6.63. The van der Waals surface area contributed by atoms with Gasteiger partial charge in [0.1, 0.15) is 11.3 Å². The molecule has 2 nitrogen and oxygen atoms in total. The zero-order valence-electron chi connectivity index (χ0n) is 10.1. The van der Waals surface area contributed by atoms with E-state index in [0.717, 1.165) is 4.57 Å². The average molecular weight is 329 g/mol. The molecule has 0 aliphatic rings. The minimum absolute atomic E-state index is 0.140. The number of para-hydroxylation sites is 1. The molecule has 0 N–H and O–H groups in total. The summed E-state index contributed by atoms with van der Waals surface area (Å²) in [6.45, 7) is -1.16. The summed E-state index contributed by atoms with van der Waals surface area (Å²) < 4.78 is 52.4. The molecule has 8 heteroatoms. The topological polar surface area (TPSA) is 17.8 Å². The Kier molecular flexibility index (Phi) is 4.44. The third kappa shape index (κ3) is 2.86. The fourth-order valence-corrected chi connectivity index (χ4v) is 2.27. The van der Waals surface area contributed by atoms with Gasteiger partial charge in [-0.2, -0.15) is 8.78 Å². The van der Waals surface area contributed by atoms with Gasteiger partial charge < -0.3 is 4.57 Å². The number of halogens is 6. The van der Waals surface area contributed by atoms with Crippen LogP contribution in [0.25, 0.3) is 11.0 Å². The molecule has 0 atom stereocenters. The first-order valence-electron chi connectivity index (χ1n) is 5.72. The monoisotopic (exact) mass is 328 g/mol. The Morgan fingerprint density at radius 1 is 1.30 bits per heavy atom. The lowest BCUT2D eigenvalue weighted by Gasteiger charge is -2.18. The van der Waals surface area contributed by atoms with Crippen molar-refractivity contribution < 1.29 is 17.6 Å². The minimum Gasteiger partial charge on any atom is -0.322 e. The van der Waals surface area contributed by atoms with Crippen molar-refractivity contribution in [3.05, 3.63) is 29.0 Å². The van der Waals surface area contributed by atoms with Gasteiger partial charge >= 0.3 is 12.3 Å². The van der Waals surface area contributed by atoms with Crippen LogP contribution in [0.2, 0.25) is 5.02 Å². The van der Waals surface area contributed by atoms with Crippen LogP contribution < -0.4 is 0 Å². The maximum absolute atomic E-state index is 13.3. The normalized spacial score (nSPS) is 12.6. The summed E-state index contributed by atoms with van der Waals surface area (Å²) in [7, 11) is 0. The van der Waals surface area contributed by atoms with Crippen LogP contribution in [0.5, 0.6) is 0 Å². The number of hydrogen-bond donors (Lipinski definition) is 0. The molecule has 2 aromatic rings. The third-order valence-corrected chi connectivity index (χ3v) is 3.31. The summed E-state index contributed by atoms with van der Waals surface area (Å²) in [6.07, 6.45) is -3.56. The van der Waals surface area contributed by atoms with Crippen LogP contribution in [0.4, 0.5) is 17.6 Å². The minimum atomic E-state index is -4.14. The van der Waals surface area contributed by atoms with Crippen LogP contribution in [0, 0.1) is 0 Å². The molecule has 2 rings (SSSR count). The van der Waals surface area contributed by atoms with Gasteiger partial charge in [0, 0.05) is 12.3 Å². The van der Waals surface area contributed by atoms with Gasteiger partial charge in [-0.3, -0.25) is 0 Å². The van der Waals surface area contributed by atoms with Crippen molar-refractivity contribution >= 4 is 34.2 Å². The number of alkyl halides is 5. The highest BCUT2D eigenvalue weighted by Gasteiger charge is 2.41. The van der Waals surface area contributed by atoms with Crippen LogP contribution in [-0.4, -0.2) is 27.8 Å². The molecule has 0 bridgehead atoms. The van der Waals surface area contributed by atoms with Crippen molar-refractivity contribution in [1.82, 2.24) is 9.55 Å². The van der Waals surface area contributed by atoms with Crippen molar-refractivity contribution in [3.63, 3.8) is 0 Å². The highest BCUT2D eigenvalue weighted by atomic mass is 35.5. The summed E-state index contributed by atoms with van der Waals surface area (Å²) in [5, 5.41) is 0.275. The number of rotatable bonds is 5. The van der Waals surface area contributed by atoms with E-state index in [-0.39, 0.29) is 28.7 Å². The van der Waals surface area contributed by atoms with E-state index >= 15 is 0 Å². The maximum atomic E-state index is 13.3. The molecular weight excluding hydrogens is 319 g/mol. The molecule has 0 radical (unpaired) electrons. The zero-order chi connectivity index (χ0) is 14.9. The Morgan fingerprint density at radius 2 is 2.00 bits per heavy atom. The van der Waals surface area contributed by atoms with Crippen molar-refractivity contribution in [2.75, 3.05) is 5.88 Å². The number of aromatic nitrogens is 2. The Bertz CT molecular complexity index is 613. The van der Waals surface area contributed by atoms with Crippen molar-refractivity contribution in [2.45, 2.75) is 25.3 Å². The summed E-state index contributed by atoms with van der Waals surface area (Å²) in [5.74, 6) is -3.79. The summed E-state index contributed by atoms with van der Waals surface area (Å²) in [6, 6.07) is 4.61. The largest absolute Gasteiger partial charge is 0.324 e. The van der Waals surface area contributed by atoms with Crippen molar-refractivity contribution in [1.29, 1.82) is 0 Å². The average Bonchev–Trinajstić information content (AvgIpc) is 2.69. The van der Waals surface area contributed by atoms with Crippen molar-refractivity contribution in [2.24, 2.45) is 0 Å². The Labute approximate surface area is 122 Å². The van der Waals surface area contributed by atoms with Gasteiger partial charge in [0.15, 0.2) is 0 Å². The molecule has 1 aromatic carbocycles. The van der Waals surface area contributed by atoms with Gasteiger partial charge in [-0.05, 0) is 12.1 Å². The van der Waals surface area contributed by atoms with Gasteiger partial charge in [-0.15, -0.1) is 11.6 Å². The van der Waals surface area contributed by atoms with Crippen LogP contribution in [0.1, 0.15) is 5.82 Å². The molecule has 0 saturated carbocycles. The number of aryl methyl sites for hydroxylation is 1. The summed E-state index contributed by atoms with van der Waals surface area (Å²) in [4.78, 5) is 4.11. The molecule has 1 heterocycles. The molecule has 0 spiro atoms. The van der Waals surface area contributed by atoms with Gasteiger partial charge in [0.2, 0.25) is 0 Å². The highest BCUT2D eigenvalue weighted by Crippen LogP contribution is 2.30. The summed E-state index contributed by atoms with van der Waals surface area (Å²) in [5.41, 5.74) is 0.595. The van der Waals surface area contributed by atoms with E-state index in [4.69, 9.17) is 23.2 Å². The van der Waals surface area contributed by atoms with Gasteiger partial charge in [0.05, 0.1) is 17.1 Å². The molecule has 0 aliphatic carbocycles. The quantitative estimate of drug-likeness (QED) is 0.588. The van der Waals surface area contributed by atoms with E-state index in [9.17, 15) is 17.6 Å². The van der Waals surface area contributed by atoms with E-state index in [2.05, 4.69) is 4.98 Å². The fraction of sp³-hybridized carbons (Fsp3) is 0.417. The lowest BCUT2D eigenvalue weighted by Crippen LogP contribution is -2.32. The van der Waals surface area contributed by atoms with Crippen LogP contribution in [0.15, 0.2) is 18.2 Å². The second kappa shape index (κ2) is 5.77. The second-order valence-electron chi connectivity index (χ2n) is 4.22. The molecule has 0 amide bonds. The molecule has 0 fully saturated rings. The van der Waals surface area contributed by atoms with E-state index < -0.39 is 18.9 Å². The van der Waals surface area contributed by atoms with Crippen LogP contribution in [-0.2, 0) is 13.0 Å². The molecular formula is C12H10Cl2F4N2. The number of nitrogens with zero attached hydrogens (tertiary/aromatic N) is 2. The summed E-state index contributed by atoms with van der Waals surface area (Å²) >= 11 is 11.5. The molecule has 0 aliphatic heterocycles. The standard InChI is InChI=1S/C12H10Cl2F4N2/c13-5-4-9-19-10-7(14)2-1-3-8(10)20(9)6-12(17,18)11(15)16/h1-3,11H,4-6H2. The lowest BCUT2D eigenvalue weighted by molar-refractivity contribution is -0.137. The number of benzene rings is 1. The highest BCUT2D eigenvalue weighted by molar-refractivity contribution is 6.34. The van der Waals surface area contributed by atoms with E-state index in [1.807, 2.05) is 0 Å². The molecule has 0 saturated heterocycles. The van der Waals surface area contributed by atoms with E-state index in [1.54, 1.807) is 12.1 Å². The fourth-order valence-electron chi connectivity index (χ4n) is 1.89. The van der Waals surface area contributed by atoms with Gasteiger partial charge in [0.25, 0.3) is 0 Å². The Balaban J connectivity index is 2.54. The first kappa shape index (κ1) is 15.4. The smallest absolute Gasteiger partial charge is 0.322 e. The SMILES string of the molecule is FC(F)C(F)(F)Cn1c(CCCl)nc2c(Cl)cccc21. The first-order chi connectivity index (χ1) is 9.36. The number of hydrogen-bond acceptors (Lipinski definition) is 1. The van der Waals surface area contributed by atoms with Gasteiger partial charge in [-0.1, -0.05) is 17.7 Å². The number of imidazole rings is 1. The lowest BCUT2D eigenvalue weighted by atomic mass is 10.3. The van der Waals surface area contributed by atoms with Crippen LogP contribution in [0.3, 0.4) is 0 Å². The predicted octanol–water partition coefficient (Wildman–Crippen LogP) is 4.37. The van der Waals surface area contributed by atoms with Crippen LogP contribution >= 0.6 is 23.2 Å². The van der Waals surface area contributed by atoms with E-state index in [0.29, 0.717) is 5.52 Å². The Morgan fingerprint density at radius 3 is 2.60 bits per heavy atom. The molecule has 110 valence electrons. The molecule has 1 aromatic heterocycles. The third-order valence-electron chi connectivity index (χ3n) is 2.81. The molecule has 0 unspecified atom stereocenters. The predicted molar refractivity (Wildman–Crippen MR) is 70.1 cm³/mol. The van der Waals surface area contributed by atoms with Crippen molar-refractivity contribution in [3.8, 4) is 0 Å². The van der Waals surface area contributed by atoms with Gasteiger partial charge in [-0.25, -0.2) is 13.8 Å². The maximum Gasteiger partial charge on any atom is 0.324 e. The van der Waals surface area contributed by atoms with E-state index in [1.165, 1.54) is 6.07 Å². The molecule has 20 heavy (non-hydrogen) atoms. The zero-order valence-corrected chi connectivity index (χ0v) is 11.6. The second-order valence-corrected chi connectivity index (χ2v) is 5.01. The number of fused-ring (bicyclic) bond motifs is 1.